The molecular formula is C19H13ClN4O2S. The minimum atomic E-state index is -0.274. The number of rotatable bonds is 5. The van der Waals surface area contributed by atoms with E-state index < -0.39 is 0 Å². The molecule has 2 aromatic heterocycles. The molecule has 0 spiro atoms. The molecule has 8 heteroatoms. The Morgan fingerprint density at radius 2 is 1.85 bits per heavy atom. The maximum atomic E-state index is 12.7. The Morgan fingerprint density at radius 1 is 1.04 bits per heavy atom. The van der Waals surface area contributed by atoms with Crippen molar-refractivity contribution < 1.29 is 4.79 Å². The Morgan fingerprint density at radius 3 is 2.63 bits per heavy atom. The van der Waals surface area contributed by atoms with E-state index in [2.05, 4.69) is 10.2 Å². The number of carbonyl (C=O) groups excluding carboxylic acids is 1. The smallest absolute Gasteiger partial charge is 0.293 e. The summed E-state index contributed by atoms with van der Waals surface area (Å²) < 4.78 is 3.10. The monoisotopic (exact) mass is 396 g/mol. The van der Waals surface area contributed by atoms with Gasteiger partial charge in [-0.25, -0.2) is 0 Å². The van der Waals surface area contributed by atoms with Gasteiger partial charge in [-0.15, -0.1) is 10.2 Å². The van der Waals surface area contributed by atoms with Gasteiger partial charge in [0.1, 0.15) is 0 Å². The van der Waals surface area contributed by atoms with Gasteiger partial charge < -0.3 is 0 Å². The average molecular weight is 397 g/mol. The molecule has 4 rings (SSSR count). The molecule has 0 saturated heterocycles. The number of carbonyl (C=O) groups is 1. The molecule has 2 heterocycles. The van der Waals surface area contributed by atoms with Crippen LogP contribution in [0.25, 0.3) is 11.3 Å². The Hall–Kier alpha value is -2.90. The normalized spacial score (nSPS) is 11.0. The largest absolute Gasteiger partial charge is 0.300 e. The third-order valence-electron chi connectivity index (χ3n) is 3.95. The molecule has 6 nitrogen and oxygen atoms in total. The predicted octanol–water partition coefficient (Wildman–Crippen LogP) is 3.51. The molecule has 0 saturated carbocycles. The quantitative estimate of drug-likeness (QED) is 0.381. The van der Waals surface area contributed by atoms with E-state index >= 15 is 0 Å². The molecule has 4 aromatic rings. The summed E-state index contributed by atoms with van der Waals surface area (Å²) in [6, 6.07) is 16.1. The molecule has 0 atom stereocenters. The number of aromatic nitrogens is 4. The van der Waals surface area contributed by atoms with Crippen LogP contribution in [0.15, 0.2) is 76.9 Å². The zero-order valence-electron chi connectivity index (χ0n) is 13.9. The van der Waals surface area contributed by atoms with Crippen LogP contribution >= 0.6 is 23.4 Å². The minimum absolute atomic E-state index is 0.0723. The van der Waals surface area contributed by atoms with Crippen molar-refractivity contribution in [3.05, 3.63) is 87.9 Å². The highest BCUT2D eigenvalue weighted by atomic mass is 35.5. The molecule has 0 N–H and O–H groups in total. The molecule has 0 aliphatic heterocycles. The number of benzene rings is 2. The van der Waals surface area contributed by atoms with Crippen LogP contribution < -0.4 is 5.56 Å². The van der Waals surface area contributed by atoms with Crippen molar-refractivity contribution >= 4 is 34.8 Å². The number of hydrogen-bond acceptors (Lipinski definition) is 5. The van der Waals surface area contributed by atoms with Crippen molar-refractivity contribution in [3.63, 3.8) is 0 Å². The van der Waals surface area contributed by atoms with E-state index in [-0.39, 0.29) is 22.7 Å². The first kappa shape index (κ1) is 17.5. The summed E-state index contributed by atoms with van der Waals surface area (Å²) in [7, 11) is 0. The number of ketones is 1. The second kappa shape index (κ2) is 7.38. The number of halogens is 1. The van der Waals surface area contributed by atoms with Crippen LogP contribution in [0, 0.1) is 0 Å². The maximum Gasteiger partial charge on any atom is 0.300 e. The van der Waals surface area contributed by atoms with Crippen LogP contribution in [0.2, 0.25) is 5.02 Å². The van der Waals surface area contributed by atoms with E-state index in [1.54, 1.807) is 41.1 Å². The number of nitrogens with zero attached hydrogens (tertiary/aromatic N) is 4. The predicted molar refractivity (Wildman–Crippen MR) is 105 cm³/mol. The van der Waals surface area contributed by atoms with Crippen molar-refractivity contribution in [2.24, 2.45) is 0 Å². The van der Waals surface area contributed by atoms with Gasteiger partial charge in [0.05, 0.1) is 5.75 Å². The highest BCUT2D eigenvalue weighted by Gasteiger charge is 2.14. The lowest BCUT2D eigenvalue weighted by Crippen LogP contribution is -2.20. The van der Waals surface area contributed by atoms with Crippen molar-refractivity contribution in [1.82, 2.24) is 19.2 Å². The highest BCUT2D eigenvalue weighted by molar-refractivity contribution is 7.99. The molecule has 0 radical (unpaired) electrons. The van der Waals surface area contributed by atoms with Gasteiger partial charge in [-0.3, -0.25) is 18.6 Å². The summed E-state index contributed by atoms with van der Waals surface area (Å²) in [6.07, 6.45) is 3.38. The number of fused-ring (bicyclic) bond motifs is 1. The molecule has 0 unspecified atom stereocenters. The number of para-hydroxylation sites is 1. The number of thioether (sulfide) groups is 1. The van der Waals surface area contributed by atoms with E-state index in [0.29, 0.717) is 15.7 Å². The van der Waals surface area contributed by atoms with Crippen molar-refractivity contribution in [3.8, 4) is 5.69 Å². The van der Waals surface area contributed by atoms with Crippen LogP contribution in [-0.4, -0.2) is 30.7 Å². The second-order valence-corrected chi connectivity index (χ2v) is 7.09. The first-order valence-electron chi connectivity index (χ1n) is 8.07. The summed E-state index contributed by atoms with van der Waals surface area (Å²) >= 11 is 7.15. The highest BCUT2D eigenvalue weighted by Crippen LogP contribution is 2.19. The zero-order valence-corrected chi connectivity index (χ0v) is 15.5. The lowest BCUT2D eigenvalue weighted by atomic mass is 10.1. The topological polar surface area (TPSA) is 69.3 Å². The van der Waals surface area contributed by atoms with E-state index in [4.69, 9.17) is 11.6 Å². The van der Waals surface area contributed by atoms with Gasteiger partial charge in [-0.2, -0.15) is 0 Å². The second-order valence-electron chi connectivity index (χ2n) is 5.71. The van der Waals surface area contributed by atoms with E-state index in [1.807, 2.05) is 30.3 Å². The summed E-state index contributed by atoms with van der Waals surface area (Å²) in [5, 5.41) is 9.05. The fourth-order valence-electron chi connectivity index (χ4n) is 2.63. The Labute approximate surface area is 163 Å². The minimum Gasteiger partial charge on any atom is -0.293 e. The first-order chi connectivity index (χ1) is 13.1. The Bertz CT molecular complexity index is 1190. The molecule has 27 heavy (non-hydrogen) atoms. The third-order valence-corrected chi connectivity index (χ3v) is 5.13. The Balaban J connectivity index is 1.60. The molecule has 0 fully saturated rings. The SMILES string of the molecule is O=C(CSc1nnc2c(=O)n(-c3ccccc3)ccn12)c1cccc(Cl)c1. The van der Waals surface area contributed by atoms with Crippen molar-refractivity contribution in [1.29, 1.82) is 0 Å². The van der Waals surface area contributed by atoms with Gasteiger partial charge in [-0.1, -0.05) is 53.7 Å². The summed E-state index contributed by atoms with van der Waals surface area (Å²) in [5.74, 6) is 0.0972. The van der Waals surface area contributed by atoms with E-state index in [1.165, 1.54) is 16.3 Å². The van der Waals surface area contributed by atoms with Crippen LogP contribution in [0.5, 0.6) is 0 Å². The molecule has 0 bridgehead atoms. The lowest BCUT2D eigenvalue weighted by molar-refractivity contribution is 0.102. The summed E-state index contributed by atoms with van der Waals surface area (Å²) in [4.78, 5) is 25.0. The third kappa shape index (κ3) is 3.51. The van der Waals surface area contributed by atoms with Gasteiger partial charge in [0, 0.05) is 28.7 Å². The summed E-state index contributed by atoms with van der Waals surface area (Å²) in [6.45, 7) is 0. The van der Waals surface area contributed by atoms with Crippen molar-refractivity contribution in [2.75, 3.05) is 5.75 Å². The average Bonchev–Trinajstić information content (AvgIpc) is 3.11. The van der Waals surface area contributed by atoms with Crippen LogP contribution in [0.4, 0.5) is 0 Å². The molecule has 2 aromatic carbocycles. The molecule has 0 aliphatic carbocycles. The Kier molecular flexibility index (Phi) is 4.79. The standard InChI is InChI=1S/C19H13ClN4O2S/c20-14-6-4-5-13(11-14)16(25)12-27-19-22-21-17-18(26)23(9-10-24(17)19)15-7-2-1-3-8-15/h1-11H,12H2. The number of Topliss-reactive ketones (excluding diaryl/α,β-unsaturated/α-hetero) is 1. The molecule has 0 amide bonds. The van der Waals surface area contributed by atoms with Gasteiger partial charge in [0.15, 0.2) is 10.9 Å². The van der Waals surface area contributed by atoms with Crippen LogP contribution in [0.3, 0.4) is 0 Å². The fourth-order valence-corrected chi connectivity index (χ4v) is 3.63. The van der Waals surface area contributed by atoms with Crippen molar-refractivity contribution in [2.45, 2.75) is 5.16 Å². The molecular weight excluding hydrogens is 384 g/mol. The fraction of sp³-hybridized carbons (Fsp3) is 0.0526. The lowest BCUT2D eigenvalue weighted by Gasteiger charge is -2.06. The van der Waals surface area contributed by atoms with E-state index in [9.17, 15) is 9.59 Å². The molecule has 0 aliphatic rings. The molecule has 134 valence electrons. The van der Waals surface area contributed by atoms with Gasteiger partial charge in [-0.05, 0) is 24.3 Å². The summed E-state index contributed by atoms with van der Waals surface area (Å²) in [5.41, 5.74) is 1.22. The maximum absolute atomic E-state index is 12.7. The van der Waals surface area contributed by atoms with Gasteiger partial charge >= 0.3 is 5.56 Å². The van der Waals surface area contributed by atoms with E-state index in [0.717, 1.165) is 5.69 Å². The van der Waals surface area contributed by atoms with Crippen LogP contribution in [0.1, 0.15) is 10.4 Å². The van der Waals surface area contributed by atoms with Crippen LogP contribution in [-0.2, 0) is 0 Å². The zero-order chi connectivity index (χ0) is 18.8. The van der Waals surface area contributed by atoms with Gasteiger partial charge in [0.2, 0.25) is 5.65 Å². The first-order valence-corrected chi connectivity index (χ1v) is 9.43. The van der Waals surface area contributed by atoms with Gasteiger partial charge in [0.25, 0.3) is 0 Å². The number of hydrogen-bond donors (Lipinski definition) is 0.